The maximum atomic E-state index is 12.3. The number of aryl methyl sites for hydroxylation is 2. The topological polar surface area (TPSA) is 59.0 Å². The number of benzene rings is 2. The van der Waals surface area contributed by atoms with Gasteiger partial charge in [0.15, 0.2) is 5.11 Å². The van der Waals surface area contributed by atoms with Crippen LogP contribution in [0.5, 0.6) is 0 Å². The fourth-order valence-electron chi connectivity index (χ4n) is 2.96. The van der Waals surface area contributed by atoms with E-state index in [1.807, 2.05) is 42.9 Å². The third-order valence-electron chi connectivity index (χ3n) is 4.60. The van der Waals surface area contributed by atoms with Crippen LogP contribution in [0.1, 0.15) is 32.9 Å². The number of hydrogen-bond donors (Lipinski definition) is 2. The van der Waals surface area contributed by atoms with Crippen LogP contribution in [0.25, 0.3) is 0 Å². The fourth-order valence-corrected chi connectivity index (χ4v) is 3.39. The molecule has 0 aliphatic carbocycles. The van der Waals surface area contributed by atoms with Gasteiger partial charge in [-0.2, -0.15) is 5.10 Å². The maximum absolute atomic E-state index is 12.3. The second-order valence-corrected chi connectivity index (χ2v) is 7.35. The Bertz CT molecular complexity index is 1030. The van der Waals surface area contributed by atoms with E-state index >= 15 is 0 Å². The fraction of sp³-hybridized carbons (Fsp3) is 0.190. The molecular weight excluding hydrogens is 392 g/mol. The largest absolute Gasteiger partial charge is 0.332 e. The number of hydrogen-bond acceptors (Lipinski definition) is 3. The number of aromatic nitrogens is 2. The minimum absolute atomic E-state index is 0.219. The first-order chi connectivity index (χ1) is 13.3. The third kappa shape index (κ3) is 4.58. The second-order valence-electron chi connectivity index (χ2n) is 6.53. The predicted molar refractivity (Wildman–Crippen MR) is 117 cm³/mol. The summed E-state index contributed by atoms with van der Waals surface area (Å²) in [6, 6.07) is 14.8. The molecule has 0 aliphatic heterocycles. The van der Waals surface area contributed by atoms with Gasteiger partial charge in [-0.3, -0.25) is 14.8 Å². The van der Waals surface area contributed by atoms with Crippen molar-refractivity contribution in [1.82, 2.24) is 15.1 Å². The van der Waals surface area contributed by atoms with Gasteiger partial charge < -0.3 is 5.32 Å². The molecule has 0 aliphatic rings. The molecule has 0 saturated heterocycles. The lowest BCUT2D eigenvalue weighted by Crippen LogP contribution is -2.34. The number of carbonyl (C=O) groups is 1. The molecule has 2 N–H and O–H groups in total. The van der Waals surface area contributed by atoms with E-state index in [0.717, 1.165) is 17.8 Å². The number of anilines is 1. The lowest BCUT2D eigenvalue weighted by Gasteiger charge is -2.11. The number of thiocarbonyl (C=S) groups is 1. The van der Waals surface area contributed by atoms with Gasteiger partial charge in [-0.1, -0.05) is 35.9 Å². The number of carbonyl (C=O) groups excluding carboxylic acids is 1. The summed E-state index contributed by atoms with van der Waals surface area (Å²) in [7, 11) is 1.96. The summed E-state index contributed by atoms with van der Waals surface area (Å²) in [5.41, 5.74) is 5.81. The summed E-state index contributed by atoms with van der Waals surface area (Å²) in [5.74, 6) is -0.345. The molecule has 5 nitrogen and oxygen atoms in total. The van der Waals surface area contributed by atoms with Crippen LogP contribution in [0.2, 0.25) is 5.02 Å². The zero-order chi connectivity index (χ0) is 20.3. The summed E-state index contributed by atoms with van der Waals surface area (Å²) < 4.78 is 1.90. The predicted octanol–water partition coefficient (Wildman–Crippen LogP) is 4.41. The first-order valence-electron chi connectivity index (χ1n) is 8.80. The highest BCUT2D eigenvalue weighted by molar-refractivity contribution is 7.80. The van der Waals surface area contributed by atoms with Crippen LogP contribution in [0.3, 0.4) is 0 Å². The molecule has 3 rings (SSSR count). The quantitative estimate of drug-likeness (QED) is 0.623. The van der Waals surface area contributed by atoms with Gasteiger partial charge in [0, 0.05) is 30.4 Å². The molecule has 28 heavy (non-hydrogen) atoms. The normalized spacial score (nSPS) is 10.6. The Morgan fingerprint density at radius 3 is 2.43 bits per heavy atom. The van der Waals surface area contributed by atoms with E-state index in [4.69, 9.17) is 23.8 Å². The molecule has 0 unspecified atom stereocenters. The number of amides is 1. The maximum Gasteiger partial charge on any atom is 0.258 e. The molecule has 1 amide bonds. The molecule has 1 aromatic heterocycles. The summed E-state index contributed by atoms with van der Waals surface area (Å²) in [6.07, 6.45) is 0.819. The lowest BCUT2D eigenvalue weighted by molar-refractivity contribution is 0.0978. The molecule has 0 fully saturated rings. The van der Waals surface area contributed by atoms with E-state index < -0.39 is 0 Å². The monoisotopic (exact) mass is 412 g/mol. The van der Waals surface area contributed by atoms with Crippen molar-refractivity contribution in [2.45, 2.75) is 20.3 Å². The molecule has 144 valence electrons. The van der Waals surface area contributed by atoms with Crippen molar-refractivity contribution in [1.29, 1.82) is 0 Å². The van der Waals surface area contributed by atoms with Gasteiger partial charge in [0.1, 0.15) is 0 Å². The van der Waals surface area contributed by atoms with Crippen LogP contribution >= 0.6 is 23.8 Å². The van der Waals surface area contributed by atoms with Gasteiger partial charge >= 0.3 is 0 Å². The van der Waals surface area contributed by atoms with Crippen LogP contribution in [0.4, 0.5) is 5.69 Å². The van der Waals surface area contributed by atoms with Gasteiger partial charge in [-0.25, -0.2) is 0 Å². The Kier molecular flexibility index (Phi) is 6.11. The van der Waals surface area contributed by atoms with Crippen LogP contribution in [0, 0.1) is 13.8 Å². The smallest absolute Gasteiger partial charge is 0.258 e. The van der Waals surface area contributed by atoms with Crippen molar-refractivity contribution in [2.24, 2.45) is 7.05 Å². The molecule has 2 aromatic carbocycles. The average Bonchev–Trinajstić information content (AvgIpc) is 2.89. The van der Waals surface area contributed by atoms with E-state index in [-0.39, 0.29) is 11.0 Å². The van der Waals surface area contributed by atoms with E-state index in [1.165, 1.54) is 16.8 Å². The number of rotatable bonds is 4. The minimum atomic E-state index is -0.345. The highest BCUT2D eigenvalue weighted by atomic mass is 35.5. The second kappa shape index (κ2) is 8.54. The Morgan fingerprint density at radius 1 is 1.14 bits per heavy atom. The summed E-state index contributed by atoms with van der Waals surface area (Å²) >= 11 is 11.3. The molecule has 3 aromatic rings. The molecule has 1 heterocycles. The van der Waals surface area contributed by atoms with Crippen LogP contribution in [-0.2, 0) is 13.5 Å². The molecule has 0 radical (unpaired) electrons. The highest BCUT2D eigenvalue weighted by Gasteiger charge is 2.12. The Balaban J connectivity index is 1.61. The first kappa shape index (κ1) is 20.0. The SMILES string of the molecule is Cc1nn(C)c(C)c1Cc1ccc(NC(=S)NC(=O)c2ccccc2Cl)cc1. The van der Waals surface area contributed by atoms with E-state index in [2.05, 4.69) is 22.7 Å². The van der Waals surface area contributed by atoms with Gasteiger partial charge in [0.2, 0.25) is 0 Å². The van der Waals surface area contributed by atoms with Crippen molar-refractivity contribution in [3.8, 4) is 0 Å². The third-order valence-corrected chi connectivity index (χ3v) is 5.13. The van der Waals surface area contributed by atoms with Gasteiger partial charge in [-0.05, 0) is 55.9 Å². The zero-order valence-corrected chi connectivity index (χ0v) is 17.5. The van der Waals surface area contributed by atoms with Crippen LogP contribution in [-0.4, -0.2) is 20.8 Å². The molecular formula is C21H21ClN4OS. The highest BCUT2D eigenvalue weighted by Crippen LogP contribution is 2.19. The van der Waals surface area contributed by atoms with Crippen molar-refractivity contribution >= 4 is 40.5 Å². The van der Waals surface area contributed by atoms with E-state index in [1.54, 1.807) is 24.3 Å². The number of nitrogens with zero attached hydrogens (tertiary/aromatic N) is 2. The lowest BCUT2D eigenvalue weighted by atomic mass is 10.0. The van der Waals surface area contributed by atoms with Crippen LogP contribution < -0.4 is 10.6 Å². The molecule has 0 bridgehead atoms. The van der Waals surface area contributed by atoms with Crippen molar-refractivity contribution in [3.05, 3.63) is 81.6 Å². The molecule has 0 saturated carbocycles. The van der Waals surface area contributed by atoms with Gasteiger partial charge in [-0.15, -0.1) is 0 Å². The van der Waals surface area contributed by atoms with Crippen molar-refractivity contribution in [2.75, 3.05) is 5.32 Å². The summed E-state index contributed by atoms with van der Waals surface area (Å²) in [4.78, 5) is 12.3. The van der Waals surface area contributed by atoms with Gasteiger partial charge in [0.25, 0.3) is 5.91 Å². The summed E-state index contributed by atoms with van der Waals surface area (Å²) in [5, 5.41) is 10.7. The van der Waals surface area contributed by atoms with E-state index in [0.29, 0.717) is 10.6 Å². The average molecular weight is 413 g/mol. The number of nitrogens with one attached hydrogen (secondary N) is 2. The Labute approximate surface area is 174 Å². The van der Waals surface area contributed by atoms with Crippen LogP contribution in [0.15, 0.2) is 48.5 Å². The minimum Gasteiger partial charge on any atom is -0.332 e. The molecule has 7 heteroatoms. The van der Waals surface area contributed by atoms with Gasteiger partial charge in [0.05, 0.1) is 16.3 Å². The molecule has 0 atom stereocenters. The van der Waals surface area contributed by atoms with Crippen molar-refractivity contribution < 1.29 is 4.79 Å². The summed E-state index contributed by atoms with van der Waals surface area (Å²) in [6.45, 7) is 4.10. The Morgan fingerprint density at radius 2 is 1.82 bits per heavy atom. The first-order valence-corrected chi connectivity index (χ1v) is 9.58. The number of halogens is 1. The zero-order valence-electron chi connectivity index (χ0n) is 15.9. The molecule has 0 spiro atoms. The standard InChI is InChI=1S/C21H21ClN4OS/c1-13-18(14(2)26(3)25-13)12-15-8-10-16(11-9-15)23-21(28)24-20(27)17-6-4-5-7-19(17)22/h4-11H,12H2,1-3H3,(H2,23,24,27,28). The van der Waals surface area contributed by atoms with E-state index in [9.17, 15) is 4.79 Å². The van der Waals surface area contributed by atoms with Crippen molar-refractivity contribution in [3.63, 3.8) is 0 Å². The Hall–Kier alpha value is -2.70.